The second-order valence-electron chi connectivity index (χ2n) is 6.17. The normalized spacial score (nSPS) is 11.4. The van der Waals surface area contributed by atoms with E-state index >= 15 is 0 Å². The van der Waals surface area contributed by atoms with Crippen LogP contribution in [0.15, 0.2) is 11.0 Å². The Morgan fingerprint density at radius 3 is 2.36 bits per heavy atom. The molecule has 1 aromatic carbocycles. The van der Waals surface area contributed by atoms with E-state index in [0.717, 1.165) is 5.56 Å². The van der Waals surface area contributed by atoms with Crippen LogP contribution >= 0.6 is 12.6 Å². The van der Waals surface area contributed by atoms with Gasteiger partial charge in [0.15, 0.2) is 0 Å². The van der Waals surface area contributed by atoms with Crippen molar-refractivity contribution in [3.8, 4) is 0 Å². The number of carboxylic acid groups (broad SMARTS) is 1. The SMILES string of the molecule is Cc1c(S)cc(CNCC(=O)OC(C)(C)C)c(C)c1C(=O)O. The number of hydrogen-bond acceptors (Lipinski definition) is 5. The van der Waals surface area contributed by atoms with Gasteiger partial charge in [-0.15, -0.1) is 12.6 Å². The highest BCUT2D eigenvalue weighted by Gasteiger charge is 2.18. The van der Waals surface area contributed by atoms with Crippen molar-refractivity contribution in [2.45, 2.75) is 51.7 Å². The summed E-state index contributed by atoms with van der Waals surface area (Å²) in [7, 11) is 0. The lowest BCUT2D eigenvalue weighted by molar-refractivity contribution is -0.153. The second-order valence-corrected chi connectivity index (χ2v) is 6.66. The summed E-state index contributed by atoms with van der Waals surface area (Å²) >= 11 is 4.32. The molecule has 0 bridgehead atoms. The van der Waals surface area contributed by atoms with Crippen LogP contribution in [-0.4, -0.2) is 29.2 Å². The molecule has 0 unspecified atom stereocenters. The van der Waals surface area contributed by atoms with E-state index < -0.39 is 11.6 Å². The number of ether oxygens (including phenoxy) is 1. The summed E-state index contributed by atoms with van der Waals surface area (Å²) in [5.74, 6) is -1.32. The van der Waals surface area contributed by atoms with Crippen LogP contribution in [-0.2, 0) is 16.1 Å². The van der Waals surface area contributed by atoms with Crippen molar-refractivity contribution in [2.24, 2.45) is 0 Å². The minimum absolute atomic E-state index is 0.0644. The van der Waals surface area contributed by atoms with Crippen LogP contribution in [0.2, 0.25) is 0 Å². The fourth-order valence-electron chi connectivity index (χ4n) is 2.13. The summed E-state index contributed by atoms with van der Waals surface area (Å²) in [4.78, 5) is 23.6. The van der Waals surface area contributed by atoms with Crippen molar-refractivity contribution in [1.82, 2.24) is 5.32 Å². The van der Waals surface area contributed by atoms with Gasteiger partial charge in [-0.05, 0) is 57.4 Å². The first-order valence-corrected chi connectivity index (χ1v) is 7.45. The van der Waals surface area contributed by atoms with Gasteiger partial charge in [0.2, 0.25) is 0 Å². The molecule has 1 aromatic rings. The molecule has 22 heavy (non-hydrogen) atoms. The molecular weight excluding hydrogens is 302 g/mol. The lowest BCUT2D eigenvalue weighted by atomic mass is 9.97. The quantitative estimate of drug-likeness (QED) is 0.573. The molecule has 0 radical (unpaired) electrons. The summed E-state index contributed by atoms with van der Waals surface area (Å²) in [6.45, 7) is 9.35. The zero-order chi connectivity index (χ0) is 17.1. The molecule has 0 aliphatic rings. The van der Waals surface area contributed by atoms with Crippen LogP contribution in [0.25, 0.3) is 0 Å². The van der Waals surface area contributed by atoms with Gasteiger partial charge in [-0.25, -0.2) is 4.79 Å². The molecule has 0 heterocycles. The third-order valence-corrected chi connectivity index (χ3v) is 3.61. The predicted octanol–water partition coefficient (Wildman–Crippen LogP) is 2.72. The zero-order valence-corrected chi connectivity index (χ0v) is 14.5. The van der Waals surface area contributed by atoms with E-state index in [9.17, 15) is 14.7 Å². The van der Waals surface area contributed by atoms with Crippen molar-refractivity contribution in [3.05, 3.63) is 28.3 Å². The smallest absolute Gasteiger partial charge is 0.336 e. The lowest BCUT2D eigenvalue weighted by Gasteiger charge is -2.20. The van der Waals surface area contributed by atoms with Gasteiger partial charge in [0, 0.05) is 11.4 Å². The van der Waals surface area contributed by atoms with E-state index in [0.29, 0.717) is 22.6 Å². The zero-order valence-electron chi connectivity index (χ0n) is 13.6. The monoisotopic (exact) mass is 325 g/mol. The van der Waals surface area contributed by atoms with Crippen LogP contribution < -0.4 is 5.32 Å². The average Bonchev–Trinajstić information content (AvgIpc) is 2.33. The molecule has 0 atom stereocenters. The Morgan fingerprint density at radius 1 is 1.27 bits per heavy atom. The largest absolute Gasteiger partial charge is 0.478 e. The van der Waals surface area contributed by atoms with Crippen LogP contribution in [0.5, 0.6) is 0 Å². The molecule has 122 valence electrons. The van der Waals surface area contributed by atoms with Crippen LogP contribution in [0.4, 0.5) is 0 Å². The fourth-order valence-corrected chi connectivity index (χ4v) is 2.40. The maximum atomic E-state index is 11.6. The van der Waals surface area contributed by atoms with Gasteiger partial charge in [0.05, 0.1) is 12.1 Å². The Bertz CT molecular complexity index is 591. The first kappa shape index (κ1) is 18.5. The molecule has 0 saturated carbocycles. The van der Waals surface area contributed by atoms with E-state index in [1.165, 1.54) is 0 Å². The third kappa shape index (κ3) is 5.03. The minimum atomic E-state index is -0.973. The number of esters is 1. The number of hydrogen-bond donors (Lipinski definition) is 3. The molecule has 1 rings (SSSR count). The van der Waals surface area contributed by atoms with Crippen LogP contribution in [0.3, 0.4) is 0 Å². The minimum Gasteiger partial charge on any atom is -0.478 e. The number of carboxylic acids is 1. The number of carbonyl (C=O) groups excluding carboxylic acids is 1. The average molecular weight is 325 g/mol. The molecule has 5 nitrogen and oxygen atoms in total. The Hall–Kier alpha value is -1.53. The van der Waals surface area contributed by atoms with Gasteiger partial charge in [-0.3, -0.25) is 4.79 Å². The molecule has 0 aliphatic carbocycles. The summed E-state index contributed by atoms with van der Waals surface area (Å²) in [5, 5.41) is 12.3. The van der Waals surface area contributed by atoms with E-state index in [4.69, 9.17) is 4.74 Å². The van der Waals surface area contributed by atoms with Crippen molar-refractivity contribution in [3.63, 3.8) is 0 Å². The van der Waals surface area contributed by atoms with Gasteiger partial charge < -0.3 is 15.2 Å². The summed E-state index contributed by atoms with van der Waals surface area (Å²) in [5.41, 5.74) is 1.87. The Balaban J connectivity index is 2.79. The maximum Gasteiger partial charge on any atom is 0.336 e. The maximum absolute atomic E-state index is 11.6. The predicted molar refractivity (Wildman–Crippen MR) is 87.7 cm³/mol. The van der Waals surface area contributed by atoms with E-state index in [1.807, 2.05) is 6.07 Å². The van der Waals surface area contributed by atoms with Gasteiger partial charge in [-0.1, -0.05) is 0 Å². The molecule has 0 aliphatic heterocycles. The van der Waals surface area contributed by atoms with Crippen molar-refractivity contribution in [2.75, 3.05) is 6.54 Å². The Morgan fingerprint density at radius 2 is 1.86 bits per heavy atom. The first-order chi connectivity index (χ1) is 10.0. The highest BCUT2D eigenvalue weighted by Crippen LogP contribution is 2.25. The molecular formula is C16H23NO4S. The number of carbonyl (C=O) groups is 2. The van der Waals surface area contributed by atoms with Crippen LogP contribution in [0, 0.1) is 13.8 Å². The van der Waals surface area contributed by atoms with Gasteiger partial charge >= 0.3 is 11.9 Å². The first-order valence-electron chi connectivity index (χ1n) is 7.01. The summed E-state index contributed by atoms with van der Waals surface area (Å²) < 4.78 is 5.20. The highest BCUT2D eigenvalue weighted by molar-refractivity contribution is 7.80. The topological polar surface area (TPSA) is 75.6 Å². The lowest BCUT2D eigenvalue weighted by Crippen LogP contribution is -2.31. The molecule has 0 fully saturated rings. The summed E-state index contributed by atoms with van der Waals surface area (Å²) in [6, 6.07) is 1.82. The second kappa shape index (κ2) is 7.15. The number of rotatable bonds is 5. The highest BCUT2D eigenvalue weighted by atomic mass is 32.1. The van der Waals surface area contributed by atoms with Crippen molar-refractivity contribution < 1.29 is 19.4 Å². The van der Waals surface area contributed by atoms with Gasteiger partial charge in [0.25, 0.3) is 0 Å². The number of benzene rings is 1. The Kier molecular flexibility index (Phi) is 6.02. The van der Waals surface area contributed by atoms with Crippen molar-refractivity contribution in [1.29, 1.82) is 0 Å². The molecule has 0 saturated heterocycles. The van der Waals surface area contributed by atoms with Gasteiger partial charge in [0.1, 0.15) is 5.60 Å². The number of thiol groups is 1. The van der Waals surface area contributed by atoms with Gasteiger partial charge in [-0.2, -0.15) is 0 Å². The molecule has 6 heteroatoms. The fraction of sp³-hybridized carbons (Fsp3) is 0.500. The van der Waals surface area contributed by atoms with E-state index in [1.54, 1.807) is 34.6 Å². The molecule has 0 amide bonds. The molecule has 2 N–H and O–H groups in total. The third-order valence-electron chi connectivity index (χ3n) is 3.15. The van der Waals surface area contributed by atoms with Crippen molar-refractivity contribution >= 4 is 24.6 Å². The molecule has 0 spiro atoms. The molecule has 0 aromatic heterocycles. The summed E-state index contributed by atoms with van der Waals surface area (Å²) in [6.07, 6.45) is 0. The van der Waals surface area contributed by atoms with Crippen LogP contribution in [0.1, 0.15) is 47.8 Å². The number of aromatic carboxylic acids is 1. The van der Waals surface area contributed by atoms with E-state index in [-0.39, 0.29) is 18.1 Å². The van der Waals surface area contributed by atoms with E-state index in [2.05, 4.69) is 17.9 Å². The Labute approximate surface area is 136 Å². The standard InChI is InChI=1S/C16H23NO4S/c1-9-11(6-12(22)10(2)14(9)15(19)20)7-17-8-13(18)21-16(3,4)5/h6,17,22H,7-8H2,1-5H3,(H,19,20). The number of nitrogens with one attached hydrogen (secondary N) is 1.